The van der Waals surface area contributed by atoms with Crippen LogP contribution in [0.15, 0.2) is 84.9 Å². The Morgan fingerprint density at radius 3 is 2.35 bits per heavy atom. The van der Waals surface area contributed by atoms with E-state index in [9.17, 15) is 14.0 Å². The molecule has 3 aromatic carbocycles. The summed E-state index contributed by atoms with van der Waals surface area (Å²) in [5.41, 5.74) is 1.15. The van der Waals surface area contributed by atoms with Crippen LogP contribution >= 0.6 is 0 Å². The Hall–Kier alpha value is -3.53. The van der Waals surface area contributed by atoms with Gasteiger partial charge in [0.2, 0.25) is 0 Å². The number of benzene rings is 3. The summed E-state index contributed by atoms with van der Waals surface area (Å²) in [4.78, 5) is 24.2. The van der Waals surface area contributed by atoms with E-state index < -0.39 is 11.8 Å². The van der Waals surface area contributed by atoms with Crippen LogP contribution in [0, 0.1) is 5.82 Å². The molecule has 0 unspecified atom stereocenters. The molecule has 0 radical (unpaired) electrons. The highest BCUT2D eigenvalue weighted by molar-refractivity contribution is 6.06. The van der Waals surface area contributed by atoms with E-state index in [2.05, 4.69) is 0 Å². The van der Waals surface area contributed by atoms with Gasteiger partial charge in [-0.25, -0.2) is 9.18 Å². The van der Waals surface area contributed by atoms with Gasteiger partial charge in [-0.05, 0) is 35.9 Å². The largest absolute Gasteiger partial charge is 0.423 e. The molecule has 0 bridgehead atoms. The van der Waals surface area contributed by atoms with Gasteiger partial charge in [0.25, 0.3) is 0 Å². The molecule has 128 valence electrons. The molecule has 0 saturated carbocycles. The normalized spacial score (nSPS) is 10.7. The predicted molar refractivity (Wildman–Crippen MR) is 97.6 cm³/mol. The average molecular weight is 346 g/mol. The van der Waals surface area contributed by atoms with Gasteiger partial charge in [0.1, 0.15) is 11.6 Å². The van der Waals surface area contributed by atoms with Crippen molar-refractivity contribution in [3.05, 3.63) is 107 Å². The topological polar surface area (TPSA) is 43.4 Å². The minimum absolute atomic E-state index is 0.126. The Labute approximate surface area is 150 Å². The first-order chi connectivity index (χ1) is 12.6. The van der Waals surface area contributed by atoms with Gasteiger partial charge in [-0.3, -0.25) is 4.79 Å². The van der Waals surface area contributed by atoms with Crippen LogP contribution in [0.5, 0.6) is 5.75 Å². The Kier molecular flexibility index (Phi) is 5.34. The van der Waals surface area contributed by atoms with E-state index in [0.717, 1.165) is 0 Å². The van der Waals surface area contributed by atoms with E-state index in [1.54, 1.807) is 60.7 Å². The fraction of sp³-hybridized carbons (Fsp3) is 0. The van der Waals surface area contributed by atoms with E-state index in [-0.39, 0.29) is 17.1 Å². The highest BCUT2D eigenvalue weighted by atomic mass is 19.1. The Morgan fingerprint density at radius 1 is 0.846 bits per heavy atom. The summed E-state index contributed by atoms with van der Waals surface area (Å²) in [7, 11) is 0. The van der Waals surface area contributed by atoms with Crippen molar-refractivity contribution < 1.29 is 18.7 Å². The van der Waals surface area contributed by atoms with Crippen molar-refractivity contribution >= 4 is 17.8 Å². The number of hydrogen-bond donors (Lipinski definition) is 0. The fourth-order valence-electron chi connectivity index (χ4n) is 2.34. The molecule has 3 nitrogen and oxygen atoms in total. The predicted octanol–water partition coefficient (Wildman–Crippen LogP) is 4.94. The minimum atomic E-state index is -0.774. The summed E-state index contributed by atoms with van der Waals surface area (Å²) in [6.45, 7) is 0. The molecule has 0 aliphatic carbocycles. The summed E-state index contributed by atoms with van der Waals surface area (Å²) in [5, 5.41) is 0. The summed E-state index contributed by atoms with van der Waals surface area (Å²) in [6.07, 6.45) is 3.09. The first-order valence-electron chi connectivity index (χ1n) is 7.98. The van der Waals surface area contributed by atoms with Crippen molar-refractivity contribution in [2.45, 2.75) is 0 Å². The van der Waals surface area contributed by atoms with Crippen molar-refractivity contribution in [3.63, 3.8) is 0 Å². The van der Waals surface area contributed by atoms with Crippen LogP contribution in [-0.4, -0.2) is 11.8 Å². The monoisotopic (exact) mass is 346 g/mol. The molecule has 0 spiro atoms. The minimum Gasteiger partial charge on any atom is -0.423 e. The zero-order valence-electron chi connectivity index (χ0n) is 13.8. The van der Waals surface area contributed by atoms with Crippen molar-refractivity contribution in [1.29, 1.82) is 0 Å². The van der Waals surface area contributed by atoms with Gasteiger partial charge in [-0.15, -0.1) is 0 Å². The summed E-state index contributed by atoms with van der Waals surface area (Å²) in [5.74, 6) is -1.27. The summed E-state index contributed by atoms with van der Waals surface area (Å²) < 4.78 is 18.9. The SMILES string of the molecule is O=C(C=Cc1cccc(OC(=O)c2ccccc2F)c1)c1ccccc1. The summed E-state index contributed by atoms with van der Waals surface area (Å²) in [6, 6.07) is 21.2. The zero-order valence-corrected chi connectivity index (χ0v) is 13.8. The fourth-order valence-corrected chi connectivity index (χ4v) is 2.34. The molecule has 26 heavy (non-hydrogen) atoms. The number of ether oxygens (including phenoxy) is 1. The lowest BCUT2D eigenvalue weighted by molar-refractivity contribution is 0.0729. The van der Waals surface area contributed by atoms with E-state index in [0.29, 0.717) is 11.1 Å². The third-order valence-electron chi connectivity index (χ3n) is 3.65. The highest BCUT2D eigenvalue weighted by Gasteiger charge is 2.13. The van der Waals surface area contributed by atoms with Crippen molar-refractivity contribution in [2.24, 2.45) is 0 Å². The number of carbonyl (C=O) groups excluding carboxylic acids is 2. The number of allylic oxidation sites excluding steroid dienone is 1. The van der Waals surface area contributed by atoms with Gasteiger partial charge in [0.15, 0.2) is 5.78 Å². The molecule has 0 saturated heterocycles. The number of esters is 1. The number of rotatable bonds is 5. The van der Waals surface area contributed by atoms with Gasteiger partial charge in [0.05, 0.1) is 5.56 Å². The third-order valence-corrected chi connectivity index (χ3v) is 3.65. The highest BCUT2D eigenvalue weighted by Crippen LogP contribution is 2.17. The standard InChI is InChI=1S/C22H15FO3/c23-20-12-5-4-11-19(20)22(25)26-18-10-6-7-16(15-18)13-14-21(24)17-8-2-1-3-9-17/h1-15H. The van der Waals surface area contributed by atoms with Gasteiger partial charge in [0, 0.05) is 5.56 Å². The van der Waals surface area contributed by atoms with Crippen molar-refractivity contribution in [3.8, 4) is 5.75 Å². The number of hydrogen-bond acceptors (Lipinski definition) is 3. The molecule has 0 amide bonds. The Morgan fingerprint density at radius 2 is 1.58 bits per heavy atom. The molecule has 0 heterocycles. The molecule has 0 aromatic heterocycles. The molecule has 0 aliphatic heterocycles. The first-order valence-corrected chi connectivity index (χ1v) is 7.98. The van der Waals surface area contributed by atoms with Gasteiger partial charge in [-0.1, -0.05) is 60.7 Å². The quantitative estimate of drug-likeness (QED) is 0.284. The van der Waals surface area contributed by atoms with Crippen molar-refractivity contribution in [2.75, 3.05) is 0 Å². The van der Waals surface area contributed by atoms with Gasteiger partial charge >= 0.3 is 5.97 Å². The van der Waals surface area contributed by atoms with Crippen molar-refractivity contribution in [1.82, 2.24) is 0 Å². The van der Waals surface area contributed by atoms with Gasteiger partial charge in [-0.2, -0.15) is 0 Å². The molecular weight excluding hydrogens is 331 g/mol. The van der Waals surface area contributed by atoms with E-state index in [1.807, 2.05) is 6.07 Å². The van der Waals surface area contributed by atoms with E-state index in [4.69, 9.17) is 4.74 Å². The lowest BCUT2D eigenvalue weighted by atomic mass is 10.1. The number of ketones is 1. The number of carbonyl (C=O) groups is 2. The van der Waals surface area contributed by atoms with Gasteiger partial charge < -0.3 is 4.74 Å². The van der Waals surface area contributed by atoms with Crippen LogP contribution < -0.4 is 4.74 Å². The Balaban J connectivity index is 1.72. The average Bonchev–Trinajstić information content (AvgIpc) is 2.67. The van der Waals surface area contributed by atoms with E-state index in [1.165, 1.54) is 24.3 Å². The second kappa shape index (κ2) is 8.03. The lowest BCUT2D eigenvalue weighted by Crippen LogP contribution is -2.10. The summed E-state index contributed by atoms with van der Waals surface area (Å²) >= 11 is 0. The van der Waals surface area contributed by atoms with Crippen LogP contribution in [0.4, 0.5) is 4.39 Å². The van der Waals surface area contributed by atoms with Crippen LogP contribution in [0.25, 0.3) is 6.08 Å². The molecule has 4 heteroatoms. The van der Waals surface area contributed by atoms with Crippen LogP contribution in [0.2, 0.25) is 0 Å². The maximum Gasteiger partial charge on any atom is 0.346 e. The first kappa shape index (κ1) is 17.3. The lowest BCUT2D eigenvalue weighted by Gasteiger charge is -2.05. The van der Waals surface area contributed by atoms with E-state index >= 15 is 0 Å². The maximum atomic E-state index is 13.6. The maximum absolute atomic E-state index is 13.6. The van der Waals surface area contributed by atoms with Crippen LogP contribution in [0.1, 0.15) is 26.3 Å². The molecule has 0 fully saturated rings. The molecule has 0 aliphatic rings. The smallest absolute Gasteiger partial charge is 0.346 e. The third kappa shape index (κ3) is 4.30. The molecule has 0 atom stereocenters. The molecule has 3 aromatic rings. The molecular formula is C22H15FO3. The number of halogens is 1. The molecule has 3 rings (SSSR count). The zero-order chi connectivity index (χ0) is 18.4. The second-order valence-corrected chi connectivity index (χ2v) is 5.51. The van der Waals surface area contributed by atoms with Crippen LogP contribution in [-0.2, 0) is 0 Å². The Bertz CT molecular complexity index is 962. The molecule has 0 N–H and O–H groups in total. The second-order valence-electron chi connectivity index (χ2n) is 5.51. The van der Waals surface area contributed by atoms with Crippen LogP contribution in [0.3, 0.4) is 0 Å².